The van der Waals surface area contributed by atoms with Crippen LogP contribution in [0, 0.1) is 20.2 Å². The summed E-state index contributed by atoms with van der Waals surface area (Å²) < 4.78 is 21.7. The van der Waals surface area contributed by atoms with E-state index >= 15 is 0 Å². The van der Waals surface area contributed by atoms with Crippen LogP contribution in [0.4, 0.5) is 17.1 Å². The van der Waals surface area contributed by atoms with Crippen molar-refractivity contribution in [3.05, 3.63) is 44.5 Å². The highest BCUT2D eigenvalue weighted by Gasteiger charge is 2.27. The zero-order chi connectivity index (χ0) is 15.7. The number of aromatic hydroxyl groups is 1. The number of non-ortho nitro benzene ring substituents is 1. The van der Waals surface area contributed by atoms with Crippen molar-refractivity contribution in [3.8, 4) is 5.75 Å². The minimum Gasteiger partial charge on any atom is -0.502 e. The van der Waals surface area contributed by atoms with Crippen molar-refractivity contribution >= 4 is 39.1 Å². The minimum absolute atomic E-state index is 0.106. The largest absolute Gasteiger partial charge is 0.502 e. The van der Waals surface area contributed by atoms with Crippen LogP contribution >= 0.6 is 0 Å². The van der Waals surface area contributed by atoms with Gasteiger partial charge < -0.3 is 5.11 Å². The second kappa shape index (κ2) is 5.30. The number of anilines is 1. The third-order valence-corrected chi connectivity index (χ3v) is 3.08. The number of phenols is 1. The Morgan fingerprint density at radius 2 is 1.76 bits per heavy atom. The Hall–Kier alpha value is -2.79. The maximum absolute atomic E-state index is 11.1. The topological polar surface area (TPSA) is 156 Å². The quantitative estimate of drug-likeness (QED) is 0.442. The Labute approximate surface area is 118 Å². The van der Waals surface area contributed by atoms with Crippen LogP contribution in [0.25, 0.3) is 10.8 Å². The van der Waals surface area contributed by atoms with Gasteiger partial charge in [-0.05, 0) is 12.1 Å². The molecule has 0 aliphatic carbocycles. The van der Waals surface area contributed by atoms with E-state index in [2.05, 4.69) is 4.72 Å². The van der Waals surface area contributed by atoms with Gasteiger partial charge in [0.2, 0.25) is 5.75 Å². The number of benzene rings is 2. The molecule has 2 rings (SSSR count). The number of phenolic OH excluding ortho intramolecular Hbond substituents is 1. The van der Waals surface area contributed by atoms with E-state index in [1.165, 1.54) is 18.2 Å². The molecule has 0 saturated carbocycles. The van der Waals surface area contributed by atoms with E-state index in [4.69, 9.17) is 4.55 Å². The molecule has 110 valence electrons. The standard InChI is InChI=1S/C10H7N3O7S/c14-10-5-2-1-3-6(11-21(19)20)9(5)7(12(15)16)4-8(10)13(17)18/h1-4,11,14H,(H,19,20). The van der Waals surface area contributed by atoms with Gasteiger partial charge >= 0.3 is 5.69 Å². The van der Waals surface area contributed by atoms with Gasteiger partial charge in [-0.25, -0.2) is 4.21 Å². The van der Waals surface area contributed by atoms with Crippen LogP contribution in [0.15, 0.2) is 24.3 Å². The molecule has 0 aliphatic heterocycles. The van der Waals surface area contributed by atoms with Crippen molar-refractivity contribution in [2.24, 2.45) is 0 Å². The van der Waals surface area contributed by atoms with E-state index in [-0.39, 0.29) is 16.5 Å². The Kier molecular flexibility index (Phi) is 3.69. The first kappa shape index (κ1) is 14.6. The van der Waals surface area contributed by atoms with Crippen LogP contribution in [0.3, 0.4) is 0 Å². The molecule has 2 aromatic rings. The number of nitrogens with zero attached hydrogens (tertiary/aromatic N) is 2. The fourth-order valence-electron chi connectivity index (χ4n) is 1.90. The molecule has 0 aromatic heterocycles. The average Bonchev–Trinajstić information content (AvgIpc) is 2.38. The van der Waals surface area contributed by atoms with Crippen LogP contribution in [0.5, 0.6) is 5.75 Å². The molecule has 11 heteroatoms. The summed E-state index contributed by atoms with van der Waals surface area (Å²) in [5.41, 5.74) is -1.59. The monoisotopic (exact) mass is 313 g/mol. The molecule has 0 heterocycles. The van der Waals surface area contributed by atoms with E-state index in [1.54, 1.807) is 0 Å². The second-order valence-corrected chi connectivity index (χ2v) is 4.56. The zero-order valence-electron chi connectivity index (χ0n) is 10.0. The first-order chi connectivity index (χ1) is 9.82. The molecule has 0 spiro atoms. The van der Waals surface area contributed by atoms with E-state index in [9.17, 15) is 29.5 Å². The van der Waals surface area contributed by atoms with Crippen molar-refractivity contribution in [2.75, 3.05) is 4.72 Å². The Morgan fingerprint density at radius 1 is 1.14 bits per heavy atom. The van der Waals surface area contributed by atoms with Crippen LogP contribution in [-0.4, -0.2) is 23.7 Å². The summed E-state index contributed by atoms with van der Waals surface area (Å²) in [6.07, 6.45) is 0. The molecule has 1 unspecified atom stereocenters. The first-order valence-corrected chi connectivity index (χ1v) is 6.38. The maximum atomic E-state index is 11.1. The van der Waals surface area contributed by atoms with Gasteiger partial charge in [-0.3, -0.25) is 29.5 Å². The molecule has 0 aliphatic rings. The molecule has 3 N–H and O–H groups in total. The Balaban J connectivity index is 2.93. The summed E-state index contributed by atoms with van der Waals surface area (Å²) in [5.74, 6) is -0.757. The van der Waals surface area contributed by atoms with Gasteiger partial charge in [0.1, 0.15) is 0 Å². The van der Waals surface area contributed by atoms with Gasteiger partial charge in [-0.1, -0.05) is 6.07 Å². The van der Waals surface area contributed by atoms with Crippen LogP contribution in [-0.2, 0) is 11.3 Å². The summed E-state index contributed by atoms with van der Waals surface area (Å²) in [4.78, 5) is 20.1. The minimum atomic E-state index is -2.50. The van der Waals surface area contributed by atoms with Crippen molar-refractivity contribution in [3.63, 3.8) is 0 Å². The number of nitro groups is 2. The van der Waals surface area contributed by atoms with E-state index < -0.39 is 38.2 Å². The van der Waals surface area contributed by atoms with E-state index in [1.807, 2.05) is 0 Å². The summed E-state index contributed by atoms with van der Waals surface area (Å²) in [6.45, 7) is 0. The predicted molar refractivity (Wildman–Crippen MR) is 73.3 cm³/mol. The van der Waals surface area contributed by atoms with E-state index in [0.29, 0.717) is 6.07 Å². The third kappa shape index (κ3) is 2.59. The summed E-state index contributed by atoms with van der Waals surface area (Å²) >= 11 is -2.50. The highest BCUT2D eigenvalue weighted by Crippen LogP contribution is 2.43. The lowest BCUT2D eigenvalue weighted by Crippen LogP contribution is -2.04. The molecule has 0 saturated heterocycles. The van der Waals surface area contributed by atoms with Gasteiger partial charge in [0.25, 0.3) is 17.0 Å². The van der Waals surface area contributed by atoms with Gasteiger partial charge in [-0.2, -0.15) is 0 Å². The maximum Gasteiger partial charge on any atom is 0.318 e. The molecular weight excluding hydrogens is 306 g/mol. The Morgan fingerprint density at radius 3 is 2.29 bits per heavy atom. The predicted octanol–water partition coefficient (Wildman–Crippen LogP) is 1.91. The molecule has 0 fully saturated rings. The first-order valence-electron chi connectivity index (χ1n) is 5.28. The zero-order valence-corrected chi connectivity index (χ0v) is 10.9. The molecular formula is C10H7N3O7S. The van der Waals surface area contributed by atoms with Crippen molar-refractivity contribution in [1.82, 2.24) is 0 Å². The number of hydrogen-bond donors (Lipinski definition) is 3. The number of fused-ring (bicyclic) bond motifs is 1. The molecule has 0 radical (unpaired) electrons. The van der Waals surface area contributed by atoms with Crippen molar-refractivity contribution < 1.29 is 23.7 Å². The number of hydrogen-bond acceptors (Lipinski definition) is 6. The normalized spacial score (nSPS) is 12.0. The summed E-state index contributed by atoms with van der Waals surface area (Å²) in [6, 6.07) is 4.43. The lowest BCUT2D eigenvalue weighted by molar-refractivity contribution is -0.393. The fourth-order valence-corrected chi connectivity index (χ4v) is 2.25. The highest BCUT2D eigenvalue weighted by atomic mass is 32.2. The van der Waals surface area contributed by atoms with Gasteiger partial charge in [-0.15, -0.1) is 0 Å². The Bertz CT molecular complexity index is 792. The third-order valence-electron chi connectivity index (χ3n) is 2.68. The molecule has 2 aromatic carbocycles. The highest BCUT2D eigenvalue weighted by molar-refractivity contribution is 7.80. The average molecular weight is 313 g/mol. The van der Waals surface area contributed by atoms with Crippen LogP contribution in [0.2, 0.25) is 0 Å². The SMILES string of the molecule is O=[N+]([O-])c1cc([N+](=O)[O-])c2c(NS(=O)O)cccc2c1O. The molecule has 1 atom stereocenters. The lowest BCUT2D eigenvalue weighted by Gasteiger charge is -2.08. The second-order valence-electron chi connectivity index (χ2n) is 3.86. The molecule has 0 bridgehead atoms. The summed E-state index contributed by atoms with van der Waals surface area (Å²) in [7, 11) is 0. The lowest BCUT2D eigenvalue weighted by atomic mass is 10.0. The van der Waals surface area contributed by atoms with Crippen LogP contribution < -0.4 is 4.72 Å². The number of nitrogens with one attached hydrogen (secondary N) is 1. The molecule has 21 heavy (non-hydrogen) atoms. The number of rotatable bonds is 4. The number of nitro benzene ring substituents is 2. The van der Waals surface area contributed by atoms with Crippen LogP contribution in [0.1, 0.15) is 0 Å². The van der Waals surface area contributed by atoms with Gasteiger partial charge in [0, 0.05) is 5.39 Å². The van der Waals surface area contributed by atoms with Crippen molar-refractivity contribution in [2.45, 2.75) is 0 Å². The molecule has 0 amide bonds. The fraction of sp³-hybridized carbons (Fsp3) is 0. The van der Waals surface area contributed by atoms with E-state index in [0.717, 1.165) is 0 Å². The van der Waals surface area contributed by atoms with Gasteiger partial charge in [0.15, 0.2) is 0 Å². The smallest absolute Gasteiger partial charge is 0.318 e. The van der Waals surface area contributed by atoms with Crippen molar-refractivity contribution in [1.29, 1.82) is 0 Å². The molecule has 10 nitrogen and oxygen atoms in total. The van der Waals surface area contributed by atoms with Gasteiger partial charge in [0.05, 0.1) is 27.0 Å². The summed E-state index contributed by atoms with van der Waals surface area (Å²) in [5, 5.41) is 31.4.